The molecule has 1 aliphatic rings. The highest BCUT2D eigenvalue weighted by Gasteiger charge is 2.21. The van der Waals surface area contributed by atoms with Crippen molar-refractivity contribution in [3.8, 4) is 0 Å². The predicted octanol–water partition coefficient (Wildman–Crippen LogP) is 2.09. The zero-order valence-electron chi connectivity index (χ0n) is 15.2. The van der Waals surface area contributed by atoms with Gasteiger partial charge >= 0.3 is 0 Å². The van der Waals surface area contributed by atoms with Crippen molar-refractivity contribution in [1.29, 1.82) is 0 Å². The molecule has 1 N–H and O–H groups in total. The fraction of sp³-hybridized carbons (Fsp3) is 0.550. The molecule has 3 rings (SSSR count). The van der Waals surface area contributed by atoms with Crippen molar-refractivity contribution in [2.75, 3.05) is 33.2 Å². The van der Waals surface area contributed by atoms with Crippen LogP contribution in [0.5, 0.6) is 0 Å². The quantitative estimate of drug-likeness (QED) is 0.798. The van der Waals surface area contributed by atoms with E-state index in [9.17, 15) is 5.11 Å². The molecule has 0 aliphatic carbocycles. The Balaban J connectivity index is 1.35. The highest BCUT2D eigenvalue weighted by Crippen LogP contribution is 2.19. The first-order valence-electron chi connectivity index (χ1n) is 9.29. The van der Waals surface area contributed by atoms with Crippen LogP contribution in [0.2, 0.25) is 0 Å². The summed E-state index contributed by atoms with van der Waals surface area (Å²) in [7, 11) is 2.08. The summed E-state index contributed by atoms with van der Waals surface area (Å²) in [5, 5.41) is 14.7. The third-order valence-corrected chi connectivity index (χ3v) is 5.00. The minimum Gasteiger partial charge on any atom is -0.390 e. The smallest absolute Gasteiger partial charge is 0.0793 e. The summed E-state index contributed by atoms with van der Waals surface area (Å²) in [5.41, 5.74) is 1.29. The van der Waals surface area contributed by atoms with Crippen LogP contribution in [-0.4, -0.2) is 64.0 Å². The third-order valence-electron chi connectivity index (χ3n) is 5.00. The van der Waals surface area contributed by atoms with Gasteiger partial charge in [-0.25, -0.2) is 0 Å². The summed E-state index contributed by atoms with van der Waals surface area (Å²) in [6.07, 6.45) is 5.96. The number of nitrogens with zero attached hydrogens (tertiary/aromatic N) is 4. The van der Waals surface area contributed by atoms with E-state index in [1.165, 1.54) is 18.4 Å². The number of hydrogen-bond acceptors (Lipinski definition) is 4. The van der Waals surface area contributed by atoms with Crippen LogP contribution in [-0.2, 0) is 13.1 Å². The normalized spacial score (nSPS) is 17.9. The third kappa shape index (κ3) is 5.96. The van der Waals surface area contributed by atoms with Crippen LogP contribution in [0.4, 0.5) is 0 Å². The second kappa shape index (κ2) is 9.13. The summed E-state index contributed by atoms with van der Waals surface area (Å²) < 4.78 is 2.04. The molecule has 5 heteroatoms. The Labute approximate surface area is 150 Å². The van der Waals surface area contributed by atoms with Crippen LogP contribution in [0.3, 0.4) is 0 Å². The number of aliphatic hydroxyl groups is 1. The second-order valence-corrected chi connectivity index (χ2v) is 7.31. The lowest BCUT2D eigenvalue weighted by molar-refractivity contribution is 0.0628. The standard InChI is InChI=1S/C20H30N4O/c1-22(14-18-6-3-2-4-7-18)16-20(25)17-23-12-8-19(9-13-23)15-24-11-5-10-21-24/h2-7,10-11,19-20,25H,8-9,12-17H2,1H3/t20-/m1/s1. The zero-order chi connectivity index (χ0) is 17.5. The molecule has 0 radical (unpaired) electrons. The van der Waals surface area contributed by atoms with Gasteiger partial charge in [0.15, 0.2) is 0 Å². The fourth-order valence-electron chi connectivity index (χ4n) is 3.70. The molecule has 25 heavy (non-hydrogen) atoms. The minimum absolute atomic E-state index is 0.295. The van der Waals surface area contributed by atoms with Crippen LogP contribution in [0.1, 0.15) is 18.4 Å². The molecular formula is C20H30N4O. The molecule has 1 aromatic carbocycles. The predicted molar refractivity (Wildman–Crippen MR) is 100 cm³/mol. The van der Waals surface area contributed by atoms with E-state index < -0.39 is 0 Å². The van der Waals surface area contributed by atoms with Crippen LogP contribution >= 0.6 is 0 Å². The number of aliphatic hydroxyl groups excluding tert-OH is 1. The highest BCUT2D eigenvalue weighted by molar-refractivity contribution is 5.14. The number of likely N-dealkylation sites (N-methyl/N-ethyl adjacent to an activating group) is 1. The summed E-state index contributed by atoms with van der Waals surface area (Å²) in [6, 6.07) is 12.4. The molecule has 0 bridgehead atoms. The SMILES string of the molecule is CN(Cc1ccccc1)C[C@@H](O)CN1CCC(Cn2cccn2)CC1. The van der Waals surface area contributed by atoms with Gasteiger partial charge in [0, 0.05) is 38.6 Å². The maximum atomic E-state index is 10.4. The Morgan fingerprint density at radius 2 is 1.96 bits per heavy atom. The van der Waals surface area contributed by atoms with E-state index in [0.717, 1.165) is 32.7 Å². The largest absolute Gasteiger partial charge is 0.390 e. The number of benzene rings is 1. The Bertz CT molecular complexity index is 593. The lowest BCUT2D eigenvalue weighted by Gasteiger charge is -2.33. The van der Waals surface area contributed by atoms with Crippen molar-refractivity contribution in [3.05, 3.63) is 54.4 Å². The van der Waals surface area contributed by atoms with Gasteiger partial charge in [0.05, 0.1) is 6.10 Å². The Hall–Kier alpha value is -1.69. The number of rotatable bonds is 8. The number of aromatic nitrogens is 2. The van der Waals surface area contributed by atoms with Crippen LogP contribution in [0.15, 0.2) is 48.8 Å². The van der Waals surface area contributed by atoms with Gasteiger partial charge in [-0.15, -0.1) is 0 Å². The molecule has 1 fully saturated rings. The molecule has 1 aliphatic heterocycles. The van der Waals surface area contributed by atoms with Gasteiger partial charge in [0.2, 0.25) is 0 Å². The van der Waals surface area contributed by atoms with E-state index in [-0.39, 0.29) is 6.10 Å². The molecule has 136 valence electrons. The molecule has 1 saturated heterocycles. The molecule has 2 heterocycles. The molecule has 1 aromatic heterocycles. The monoisotopic (exact) mass is 342 g/mol. The molecular weight excluding hydrogens is 312 g/mol. The van der Waals surface area contributed by atoms with E-state index >= 15 is 0 Å². The van der Waals surface area contributed by atoms with Crippen molar-refractivity contribution in [2.24, 2.45) is 5.92 Å². The molecule has 0 amide bonds. The van der Waals surface area contributed by atoms with E-state index in [2.05, 4.69) is 46.2 Å². The minimum atomic E-state index is -0.295. The maximum absolute atomic E-state index is 10.4. The maximum Gasteiger partial charge on any atom is 0.0793 e. The fourth-order valence-corrected chi connectivity index (χ4v) is 3.70. The second-order valence-electron chi connectivity index (χ2n) is 7.31. The Kier molecular flexibility index (Phi) is 6.62. The lowest BCUT2D eigenvalue weighted by Crippen LogP contribution is -2.43. The molecule has 5 nitrogen and oxygen atoms in total. The van der Waals surface area contributed by atoms with E-state index in [4.69, 9.17) is 0 Å². The first-order chi connectivity index (χ1) is 12.2. The van der Waals surface area contributed by atoms with Crippen LogP contribution in [0, 0.1) is 5.92 Å². The highest BCUT2D eigenvalue weighted by atomic mass is 16.3. The van der Waals surface area contributed by atoms with Gasteiger partial charge in [0.25, 0.3) is 0 Å². The summed E-state index contributed by atoms with van der Waals surface area (Å²) in [5.74, 6) is 0.703. The van der Waals surface area contributed by atoms with Crippen molar-refractivity contribution in [3.63, 3.8) is 0 Å². The van der Waals surface area contributed by atoms with E-state index in [1.807, 2.05) is 29.2 Å². The average molecular weight is 342 g/mol. The number of likely N-dealkylation sites (tertiary alicyclic amines) is 1. The van der Waals surface area contributed by atoms with Crippen molar-refractivity contribution in [2.45, 2.75) is 32.0 Å². The van der Waals surface area contributed by atoms with E-state index in [0.29, 0.717) is 12.5 Å². The topological polar surface area (TPSA) is 44.5 Å². The molecule has 0 saturated carbocycles. The summed E-state index contributed by atoms with van der Waals surface area (Å²) in [4.78, 5) is 4.60. The van der Waals surface area contributed by atoms with Gasteiger partial charge in [-0.3, -0.25) is 9.58 Å². The molecule has 0 unspecified atom stereocenters. The van der Waals surface area contributed by atoms with Crippen LogP contribution < -0.4 is 0 Å². The summed E-state index contributed by atoms with van der Waals surface area (Å²) in [6.45, 7) is 5.53. The van der Waals surface area contributed by atoms with Gasteiger partial charge in [-0.1, -0.05) is 30.3 Å². The first-order valence-corrected chi connectivity index (χ1v) is 9.29. The number of piperidine rings is 1. The average Bonchev–Trinajstić information content (AvgIpc) is 3.10. The van der Waals surface area contributed by atoms with Crippen LogP contribution in [0.25, 0.3) is 0 Å². The molecule has 2 aromatic rings. The van der Waals surface area contributed by atoms with E-state index in [1.54, 1.807) is 0 Å². The van der Waals surface area contributed by atoms with Gasteiger partial charge in [-0.05, 0) is 50.5 Å². The van der Waals surface area contributed by atoms with Crippen molar-refractivity contribution in [1.82, 2.24) is 19.6 Å². The Morgan fingerprint density at radius 1 is 1.20 bits per heavy atom. The van der Waals surface area contributed by atoms with Gasteiger partial charge < -0.3 is 10.0 Å². The number of β-amino-alcohol motifs (C(OH)–C–C–N with tert-alkyl or cyclic N) is 1. The molecule has 0 spiro atoms. The number of hydrogen-bond donors (Lipinski definition) is 1. The summed E-state index contributed by atoms with van der Waals surface area (Å²) >= 11 is 0. The van der Waals surface area contributed by atoms with Gasteiger partial charge in [0.1, 0.15) is 0 Å². The Morgan fingerprint density at radius 3 is 2.64 bits per heavy atom. The lowest BCUT2D eigenvalue weighted by atomic mass is 9.96. The van der Waals surface area contributed by atoms with Gasteiger partial charge in [-0.2, -0.15) is 5.10 Å². The molecule has 1 atom stereocenters. The van der Waals surface area contributed by atoms with Crippen molar-refractivity contribution < 1.29 is 5.11 Å². The zero-order valence-corrected chi connectivity index (χ0v) is 15.2. The first kappa shape index (κ1) is 18.1. The van der Waals surface area contributed by atoms with Crippen molar-refractivity contribution >= 4 is 0 Å².